The van der Waals surface area contributed by atoms with Crippen LogP contribution in [0.2, 0.25) is 0 Å². The monoisotopic (exact) mass is 467 g/mol. The van der Waals surface area contributed by atoms with Crippen LogP contribution in [0.1, 0.15) is 44.7 Å². The van der Waals surface area contributed by atoms with Crippen LogP contribution < -0.4 is 16.0 Å². The van der Waals surface area contributed by atoms with Gasteiger partial charge in [-0.2, -0.15) is 11.8 Å². The highest BCUT2D eigenvalue weighted by Crippen LogP contribution is 2.21. The fourth-order valence-electron chi connectivity index (χ4n) is 2.99. The third kappa shape index (κ3) is 8.29. The lowest BCUT2D eigenvalue weighted by Gasteiger charge is -2.18. The van der Waals surface area contributed by atoms with Gasteiger partial charge in [-0.15, -0.1) is 0 Å². The summed E-state index contributed by atoms with van der Waals surface area (Å²) in [6.45, 7) is 2.63. The molecule has 4 N–H and O–H groups in total. The molecule has 1 aromatic carbocycles. The number of carbonyl (C=O) groups excluding carboxylic acids is 4. The smallest absolute Gasteiger partial charge is 0.336 e. The van der Waals surface area contributed by atoms with Crippen molar-refractivity contribution in [3.8, 4) is 5.75 Å². The van der Waals surface area contributed by atoms with Gasteiger partial charge in [-0.25, -0.2) is 9.59 Å². The van der Waals surface area contributed by atoms with Crippen molar-refractivity contribution in [1.82, 2.24) is 16.0 Å². The topological polar surface area (TPSA) is 143 Å². The van der Waals surface area contributed by atoms with Crippen LogP contribution in [0.15, 0.2) is 24.3 Å². The first-order valence-electron chi connectivity index (χ1n) is 10.3. The van der Waals surface area contributed by atoms with Crippen LogP contribution in [-0.4, -0.2) is 59.4 Å². The summed E-state index contributed by atoms with van der Waals surface area (Å²) < 4.78 is 9.40. The minimum atomic E-state index is -1.03. The van der Waals surface area contributed by atoms with Gasteiger partial charge in [0.15, 0.2) is 6.04 Å². The van der Waals surface area contributed by atoms with Crippen molar-refractivity contribution >= 4 is 35.6 Å². The average molecular weight is 468 g/mol. The second-order valence-corrected chi connectivity index (χ2v) is 8.36. The van der Waals surface area contributed by atoms with Gasteiger partial charge in [-0.05, 0) is 24.1 Å². The molecule has 2 saturated heterocycles. The molecule has 3 unspecified atom stereocenters. The Labute approximate surface area is 190 Å². The average Bonchev–Trinajstić information content (AvgIpc) is 3.32. The Hall–Kier alpha value is -2.95. The number of urea groups is 1. The zero-order valence-corrected chi connectivity index (χ0v) is 18.9. The second kappa shape index (κ2) is 12.8. The summed E-state index contributed by atoms with van der Waals surface area (Å²) in [4.78, 5) is 45.3. The van der Waals surface area contributed by atoms with E-state index >= 15 is 0 Å². The van der Waals surface area contributed by atoms with Gasteiger partial charge >= 0.3 is 18.0 Å². The number of thioether (sulfide) groups is 1. The van der Waals surface area contributed by atoms with Crippen molar-refractivity contribution in [3.63, 3.8) is 0 Å². The van der Waals surface area contributed by atoms with Crippen LogP contribution in [0.3, 0.4) is 0 Å². The van der Waals surface area contributed by atoms with Gasteiger partial charge in [-0.3, -0.25) is 9.59 Å². The van der Waals surface area contributed by atoms with Gasteiger partial charge in [0, 0.05) is 24.9 Å². The van der Waals surface area contributed by atoms with Crippen molar-refractivity contribution in [2.24, 2.45) is 0 Å². The molecule has 3 rings (SSSR count). The molecule has 0 aliphatic carbocycles. The number of unbranched alkanes of at least 4 members (excludes halogenated alkanes) is 1. The van der Waals surface area contributed by atoms with E-state index in [1.54, 1.807) is 0 Å². The lowest BCUT2D eigenvalue weighted by atomic mass is 10.1. The van der Waals surface area contributed by atoms with Gasteiger partial charge < -0.3 is 30.5 Å². The van der Waals surface area contributed by atoms with Crippen LogP contribution in [0.25, 0.3) is 0 Å². The van der Waals surface area contributed by atoms with Crippen LogP contribution in [0.4, 0.5) is 4.79 Å². The molecular weight excluding hydrogens is 438 g/mol. The van der Waals surface area contributed by atoms with Gasteiger partial charge in [0.2, 0.25) is 12.7 Å². The summed E-state index contributed by atoms with van der Waals surface area (Å²) >= 11 is 1.89. The fraction of sp³-hybridized carbons (Fsp3) is 0.524. The van der Waals surface area contributed by atoms with Crippen LogP contribution in [-0.2, 0) is 23.9 Å². The lowest BCUT2D eigenvalue weighted by Crippen LogP contribution is -2.35. The van der Waals surface area contributed by atoms with E-state index in [9.17, 15) is 24.3 Å². The first kappa shape index (κ1) is 25.3. The molecule has 2 heterocycles. The molecule has 176 valence electrons. The highest BCUT2D eigenvalue weighted by Gasteiger charge is 2.35. The summed E-state index contributed by atoms with van der Waals surface area (Å²) in [5.74, 6) is 0.576. The van der Waals surface area contributed by atoms with E-state index in [4.69, 9.17) is 4.74 Å². The summed E-state index contributed by atoms with van der Waals surface area (Å²) in [5, 5.41) is 17.6. The zero-order valence-electron chi connectivity index (χ0n) is 18.1. The Morgan fingerprint density at radius 3 is 2.34 bits per heavy atom. The highest BCUT2D eigenvalue weighted by atomic mass is 32.2. The standard InChI is InChI=1S/C16H21NO6.C5H8N2OS/c1-3-4-5-14(20)17-15(12-6-8-13(19)9-7-12)16(21)23-10-22-11(2)18;8-5-6-3-1-9-2-4(3)7-5/h6-9,15,19H,3-5,10H2,1-2H3,(H,17,20);3-4H,1-2H2,(H2,6,7,8). The number of fused-ring (bicyclic) bond motifs is 1. The second-order valence-electron chi connectivity index (χ2n) is 7.28. The fourth-order valence-corrected chi connectivity index (χ4v) is 4.26. The van der Waals surface area contributed by atoms with E-state index in [1.165, 1.54) is 31.2 Å². The number of aromatic hydroxyl groups is 1. The molecule has 2 aliphatic heterocycles. The molecule has 3 atom stereocenters. The number of phenols is 1. The molecule has 3 amide bonds. The number of phenolic OH excluding ortho intramolecular Hbond substituents is 1. The largest absolute Gasteiger partial charge is 0.508 e. The maximum atomic E-state index is 12.1. The molecule has 2 fully saturated rings. The lowest BCUT2D eigenvalue weighted by molar-refractivity contribution is -0.168. The van der Waals surface area contributed by atoms with E-state index in [2.05, 4.69) is 20.7 Å². The Morgan fingerprint density at radius 1 is 1.16 bits per heavy atom. The van der Waals surface area contributed by atoms with E-state index in [1.807, 2.05) is 18.7 Å². The molecule has 2 aliphatic rings. The molecule has 0 bridgehead atoms. The molecule has 10 nitrogen and oxygen atoms in total. The predicted molar refractivity (Wildman–Crippen MR) is 118 cm³/mol. The predicted octanol–water partition coefficient (Wildman–Crippen LogP) is 1.59. The quantitative estimate of drug-likeness (QED) is 0.256. The number of esters is 2. The Kier molecular flexibility index (Phi) is 10.1. The normalized spacial score (nSPS) is 19.4. The van der Waals surface area contributed by atoms with Crippen LogP contribution in [0.5, 0.6) is 5.75 Å². The maximum Gasteiger partial charge on any atom is 0.336 e. The molecular formula is C21H29N3O7S. The summed E-state index contributed by atoms with van der Waals surface area (Å²) in [5.41, 5.74) is 0.459. The first-order chi connectivity index (χ1) is 15.3. The molecule has 11 heteroatoms. The maximum absolute atomic E-state index is 12.1. The third-order valence-corrected chi connectivity index (χ3v) is 5.89. The van der Waals surface area contributed by atoms with E-state index in [0.717, 1.165) is 17.9 Å². The molecule has 0 aromatic heterocycles. The van der Waals surface area contributed by atoms with E-state index < -0.39 is 24.8 Å². The molecule has 0 saturated carbocycles. The number of benzene rings is 1. The number of carbonyl (C=O) groups is 4. The SMILES string of the molecule is CCCCC(=O)NC(C(=O)OCOC(C)=O)c1ccc(O)cc1.O=C1NC2CSCC2N1. The number of hydrogen-bond acceptors (Lipinski definition) is 8. The van der Waals surface area contributed by atoms with Crippen molar-refractivity contribution < 1.29 is 33.8 Å². The molecule has 0 radical (unpaired) electrons. The van der Waals surface area contributed by atoms with Crippen LogP contribution in [0, 0.1) is 0 Å². The summed E-state index contributed by atoms with van der Waals surface area (Å²) in [6.07, 6.45) is 1.85. The molecule has 32 heavy (non-hydrogen) atoms. The minimum Gasteiger partial charge on any atom is -0.508 e. The van der Waals surface area contributed by atoms with Gasteiger partial charge in [-0.1, -0.05) is 25.5 Å². The Bertz CT molecular complexity index is 789. The number of rotatable bonds is 8. The zero-order chi connectivity index (χ0) is 23.5. The number of ether oxygens (including phenoxy) is 2. The number of amides is 3. The van der Waals surface area contributed by atoms with Crippen molar-refractivity contribution in [1.29, 1.82) is 0 Å². The van der Waals surface area contributed by atoms with E-state index in [0.29, 0.717) is 30.5 Å². The van der Waals surface area contributed by atoms with E-state index in [-0.39, 0.29) is 17.7 Å². The van der Waals surface area contributed by atoms with Crippen LogP contribution >= 0.6 is 11.8 Å². The number of hydrogen-bond donors (Lipinski definition) is 4. The Morgan fingerprint density at radius 2 is 1.78 bits per heavy atom. The third-order valence-electron chi connectivity index (χ3n) is 4.70. The highest BCUT2D eigenvalue weighted by molar-refractivity contribution is 7.99. The minimum absolute atomic E-state index is 0.00491. The van der Waals surface area contributed by atoms with Crippen molar-refractivity contribution in [3.05, 3.63) is 29.8 Å². The van der Waals surface area contributed by atoms with Crippen molar-refractivity contribution in [2.75, 3.05) is 18.3 Å². The Balaban J connectivity index is 0.000000329. The van der Waals surface area contributed by atoms with Gasteiger partial charge in [0.25, 0.3) is 0 Å². The van der Waals surface area contributed by atoms with Crippen molar-refractivity contribution in [2.45, 2.75) is 51.2 Å². The first-order valence-corrected chi connectivity index (χ1v) is 11.5. The summed E-state index contributed by atoms with van der Waals surface area (Å²) in [6, 6.07) is 5.60. The summed E-state index contributed by atoms with van der Waals surface area (Å²) in [7, 11) is 0. The molecule has 1 aromatic rings. The molecule has 0 spiro atoms. The number of nitrogens with one attached hydrogen (secondary N) is 3. The van der Waals surface area contributed by atoms with Gasteiger partial charge in [0.05, 0.1) is 12.1 Å². The van der Waals surface area contributed by atoms with Gasteiger partial charge in [0.1, 0.15) is 5.75 Å².